The van der Waals surface area contributed by atoms with E-state index in [2.05, 4.69) is 86.5 Å². The molecule has 0 radical (unpaired) electrons. The van der Waals surface area contributed by atoms with Crippen LogP contribution in [-0.4, -0.2) is 22.0 Å². The number of carbonyl (C=O) groups excluding carboxylic acids is 1. The van der Waals surface area contributed by atoms with Crippen LogP contribution in [0.25, 0.3) is 5.57 Å². The summed E-state index contributed by atoms with van der Waals surface area (Å²) in [5.41, 5.74) is 10.2. The zero-order valence-electron chi connectivity index (χ0n) is 31.9. The standard InChI is InChI=1S/C13H16O.C13H14.C7H6Br2.C6H10O.3C2H6.H2O/c14-13-8-4-3-7-12(13)11-6-2-1-5-10(11)9-13;1-3-7-12-10(5-1)9-11-6-2-4-8-13(11)12;8-5-6-3-1-2-4-7(6)9;7-6-4-2-1-3-5-6;3*1-2;/h1-2,5-6,12,14H,3-4,7-9H2;1,3,5,7H,2,4,6,8-9H2;1-4H,5H2;1-5H2;3*1-2H3;1H2/p-1. The van der Waals surface area contributed by atoms with Crippen molar-refractivity contribution in [2.45, 2.75) is 155 Å². The fourth-order valence-corrected chi connectivity index (χ4v) is 8.77. The summed E-state index contributed by atoms with van der Waals surface area (Å²) in [6.07, 6.45) is 17.5. The van der Waals surface area contributed by atoms with Crippen molar-refractivity contribution < 1.29 is 15.4 Å². The Hall–Kier alpha value is -2.05. The molecule has 5 heteroatoms. The average Bonchev–Trinajstić information content (AvgIpc) is 3.70. The molecule has 278 valence electrons. The number of hydrogen-bond acceptors (Lipinski definition) is 3. The van der Waals surface area contributed by atoms with Gasteiger partial charge in [0.15, 0.2) is 0 Å². The Morgan fingerprint density at radius 1 is 0.700 bits per heavy atom. The molecular weight excluding hydrogens is 748 g/mol. The van der Waals surface area contributed by atoms with Crippen LogP contribution >= 0.6 is 31.9 Å². The molecule has 3 aromatic rings. The molecule has 8 rings (SSSR count). The maximum Gasteiger partial charge on any atom is 0.132 e. The number of alkyl halides is 1. The van der Waals surface area contributed by atoms with Gasteiger partial charge in [0.25, 0.3) is 0 Å². The molecule has 0 amide bonds. The SMILES string of the molecule is BrCc1ccccc1Br.CC.CC.CC.O=C1CCCCC1.OC12CCCCC1c1ccccc1C2.[OH-].c1ccc2c(c1)CC1=C2CCCC1. The number of carbonyl (C=O) groups is 1. The Bertz CT molecular complexity index is 1410. The highest BCUT2D eigenvalue weighted by atomic mass is 79.9. The Labute approximate surface area is 322 Å². The van der Waals surface area contributed by atoms with Crippen LogP contribution in [0.4, 0.5) is 0 Å². The molecule has 2 fully saturated rings. The van der Waals surface area contributed by atoms with Gasteiger partial charge in [-0.1, -0.05) is 165 Å². The van der Waals surface area contributed by atoms with E-state index in [9.17, 15) is 9.90 Å². The number of hydrogen-bond donors (Lipinski definition) is 1. The van der Waals surface area contributed by atoms with Crippen LogP contribution in [0.2, 0.25) is 0 Å². The first-order valence-electron chi connectivity index (χ1n) is 19.4. The van der Waals surface area contributed by atoms with Crippen molar-refractivity contribution in [1.29, 1.82) is 0 Å². The minimum atomic E-state index is -0.401. The highest BCUT2D eigenvalue weighted by Crippen LogP contribution is 2.49. The van der Waals surface area contributed by atoms with Gasteiger partial charge >= 0.3 is 0 Å². The first-order valence-corrected chi connectivity index (χ1v) is 21.3. The second-order valence-corrected chi connectivity index (χ2v) is 14.1. The van der Waals surface area contributed by atoms with Gasteiger partial charge in [-0.25, -0.2) is 0 Å². The molecule has 2 atom stereocenters. The van der Waals surface area contributed by atoms with Crippen LogP contribution in [-0.2, 0) is 23.0 Å². The van der Waals surface area contributed by atoms with E-state index >= 15 is 0 Å². The smallest absolute Gasteiger partial charge is 0.132 e. The summed E-state index contributed by atoms with van der Waals surface area (Å²) in [6.45, 7) is 12.0. The molecule has 3 nitrogen and oxygen atoms in total. The Balaban J connectivity index is 0.000000324. The number of allylic oxidation sites excluding steroid dienone is 2. The van der Waals surface area contributed by atoms with Crippen LogP contribution in [0.1, 0.15) is 159 Å². The molecule has 3 aromatic carbocycles. The quantitative estimate of drug-likeness (QED) is 0.249. The van der Waals surface area contributed by atoms with Gasteiger partial charge in [-0.15, -0.1) is 0 Å². The lowest BCUT2D eigenvalue weighted by Crippen LogP contribution is -2.36. The molecule has 0 bridgehead atoms. The number of aliphatic hydroxyl groups is 1. The molecule has 2 unspecified atom stereocenters. The summed E-state index contributed by atoms with van der Waals surface area (Å²) >= 11 is 6.80. The van der Waals surface area contributed by atoms with Gasteiger partial charge in [-0.3, -0.25) is 4.79 Å². The van der Waals surface area contributed by atoms with Crippen LogP contribution in [0.5, 0.6) is 0 Å². The lowest BCUT2D eigenvalue weighted by Gasteiger charge is -2.34. The van der Waals surface area contributed by atoms with Gasteiger partial charge in [-0.2, -0.15) is 0 Å². The van der Waals surface area contributed by atoms with E-state index in [1.54, 1.807) is 22.3 Å². The summed E-state index contributed by atoms with van der Waals surface area (Å²) in [5, 5.41) is 11.4. The lowest BCUT2D eigenvalue weighted by atomic mass is 9.76. The van der Waals surface area contributed by atoms with Crippen LogP contribution < -0.4 is 0 Å². The van der Waals surface area contributed by atoms with Gasteiger partial charge in [0.05, 0.1) is 5.60 Å². The Morgan fingerprint density at radius 2 is 1.28 bits per heavy atom. The molecule has 2 N–H and O–H groups in total. The number of halogens is 2. The first kappa shape index (κ1) is 46.0. The van der Waals surface area contributed by atoms with Gasteiger partial charge < -0.3 is 10.6 Å². The summed E-state index contributed by atoms with van der Waals surface area (Å²) < 4.78 is 1.17. The minimum absolute atomic E-state index is 0. The van der Waals surface area contributed by atoms with E-state index in [-0.39, 0.29) is 5.48 Å². The fraction of sp³-hybridized carbons (Fsp3) is 0.533. The third kappa shape index (κ3) is 13.5. The average molecular weight is 814 g/mol. The normalized spacial score (nSPS) is 20.3. The van der Waals surface area contributed by atoms with Crippen LogP contribution in [0.3, 0.4) is 0 Å². The zero-order chi connectivity index (χ0) is 36.1. The van der Waals surface area contributed by atoms with E-state index < -0.39 is 5.60 Å². The highest BCUT2D eigenvalue weighted by Gasteiger charge is 2.45. The van der Waals surface area contributed by atoms with Crippen LogP contribution in [0.15, 0.2) is 82.8 Å². The summed E-state index contributed by atoms with van der Waals surface area (Å²) in [5.74, 6) is 0.888. The van der Waals surface area contributed by atoms with E-state index in [1.807, 2.05) is 59.7 Å². The molecule has 0 aromatic heterocycles. The van der Waals surface area contributed by atoms with Gasteiger partial charge in [0.1, 0.15) is 5.78 Å². The van der Waals surface area contributed by atoms with Crippen molar-refractivity contribution in [2.24, 2.45) is 0 Å². The zero-order valence-corrected chi connectivity index (χ0v) is 35.0. The number of rotatable bonds is 1. The monoisotopic (exact) mass is 811 g/mol. The number of ketones is 1. The molecular formula is C45H65Br2O3-. The third-order valence-electron chi connectivity index (χ3n) is 9.77. The van der Waals surface area contributed by atoms with Gasteiger partial charge in [-0.05, 0) is 97.2 Å². The molecule has 5 aliphatic carbocycles. The molecule has 50 heavy (non-hydrogen) atoms. The molecule has 5 aliphatic rings. The van der Waals surface area contributed by atoms with Gasteiger partial charge in [0, 0.05) is 35.0 Å². The number of Topliss-reactive ketones (excluding diaryl/α,β-unsaturated/α-hetero) is 1. The Morgan fingerprint density at radius 3 is 1.90 bits per heavy atom. The molecule has 0 saturated heterocycles. The Kier molecular flexibility index (Phi) is 23.7. The van der Waals surface area contributed by atoms with Crippen LogP contribution in [0, 0.1) is 0 Å². The summed E-state index contributed by atoms with van der Waals surface area (Å²) in [7, 11) is 0. The lowest BCUT2D eigenvalue weighted by molar-refractivity contribution is -0.120. The molecule has 0 spiro atoms. The van der Waals surface area contributed by atoms with Crippen molar-refractivity contribution >= 4 is 43.2 Å². The van der Waals surface area contributed by atoms with E-state index in [0.717, 1.165) is 43.9 Å². The van der Waals surface area contributed by atoms with E-state index in [4.69, 9.17) is 0 Å². The predicted molar refractivity (Wildman–Crippen MR) is 223 cm³/mol. The summed E-state index contributed by atoms with van der Waals surface area (Å²) in [4.78, 5) is 10.5. The highest BCUT2D eigenvalue weighted by molar-refractivity contribution is 9.10. The maximum atomic E-state index is 10.5. The largest absolute Gasteiger partial charge is 0.870 e. The van der Waals surface area contributed by atoms with Crippen molar-refractivity contribution in [3.8, 4) is 0 Å². The maximum absolute atomic E-state index is 10.5. The third-order valence-corrected chi connectivity index (χ3v) is 11.1. The van der Waals surface area contributed by atoms with Crippen molar-refractivity contribution in [1.82, 2.24) is 0 Å². The number of benzene rings is 3. The molecule has 0 aliphatic heterocycles. The van der Waals surface area contributed by atoms with Crippen molar-refractivity contribution in [2.75, 3.05) is 0 Å². The van der Waals surface area contributed by atoms with Gasteiger partial charge in [0.2, 0.25) is 0 Å². The summed E-state index contributed by atoms with van der Waals surface area (Å²) in [6, 6.07) is 25.6. The van der Waals surface area contributed by atoms with E-state index in [0.29, 0.717) is 11.7 Å². The predicted octanol–water partition coefficient (Wildman–Crippen LogP) is 14.0. The van der Waals surface area contributed by atoms with Crippen molar-refractivity contribution in [3.63, 3.8) is 0 Å². The first-order chi connectivity index (χ1) is 24.0. The topological polar surface area (TPSA) is 67.3 Å². The van der Waals surface area contributed by atoms with Crippen molar-refractivity contribution in [3.05, 3.63) is 111 Å². The minimum Gasteiger partial charge on any atom is -0.870 e. The second-order valence-electron chi connectivity index (χ2n) is 12.7. The fourth-order valence-electron chi connectivity index (χ4n) is 7.48. The molecule has 2 saturated carbocycles. The second kappa shape index (κ2) is 25.8. The van der Waals surface area contributed by atoms with E-state index in [1.165, 1.54) is 79.0 Å². The molecule has 0 heterocycles. The number of fused-ring (bicyclic) bond motifs is 5.